The fourth-order valence-electron chi connectivity index (χ4n) is 2.41. The second-order valence-electron chi connectivity index (χ2n) is 5.64. The lowest BCUT2D eigenvalue weighted by molar-refractivity contribution is 0.738. The lowest BCUT2D eigenvalue weighted by Crippen LogP contribution is -2.05. The van der Waals surface area contributed by atoms with E-state index < -0.39 is 0 Å². The van der Waals surface area contributed by atoms with Crippen LogP contribution >= 0.6 is 11.3 Å². The maximum absolute atomic E-state index is 4.70. The Morgan fingerprint density at radius 2 is 2.13 bits per heavy atom. The minimum Gasteiger partial charge on any atom is -0.297 e. The van der Waals surface area contributed by atoms with Crippen LogP contribution in [0, 0.1) is 0 Å². The van der Waals surface area contributed by atoms with E-state index in [2.05, 4.69) is 28.9 Å². The summed E-state index contributed by atoms with van der Waals surface area (Å²) in [5.74, 6) is 2.73. The number of hydrogen-bond acceptors (Lipinski definition) is 5. The second kappa shape index (κ2) is 5.58. The first-order valence-electron chi connectivity index (χ1n) is 7.49. The molecular weight excluding hydrogens is 308 g/mol. The highest BCUT2D eigenvalue weighted by Crippen LogP contribution is 2.18. The van der Waals surface area contributed by atoms with Gasteiger partial charge in [-0.25, -0.2) is 15.0 Å². The summed E-state index contributed by atoms with van der Waals surface area (Å²) in [7, 11) is 0. The molecule has 0 aliphatic carbocycles. The minimum absolute atomic E-state index is 0.268. The van der Waals surface area contributed by atoms with Gasteiger partial charge in [-0.3, -0.25) is 4.40 Å². The van der Waals surface area contributed by atoms with Crippen molar-refractivity contribution in [1.82, 2.24) is 29.1 Å². The standard InChI is InChI=1S/C16H16N6S/c1-11(2)15-19-14(22(20-15)13-5-3-4-6-17-13)9-12-10-21-7-8-23-16(21)18-12/h3-8,10-11H,9H2,1-2H3. The molecule has 0 aromatic carbocycles. The highest BCUT2D eigenvalue weighted by molar-refractivity contribution is 7.15. The van der Waals surface area contributed by atoms with Crippen molar-refractivity contribution >= 4 is 16.3 Å². The fourth-order valence-corrected chi connectivity index (χ4v) is 3.13. The van der Waals surface area contributed by atoms with Crippen LogP contribution < -0.4 is 0 Å². The monoisotopic (exact) mass is 324 g/mol. The third kappa shape index (κ3) is 2.63. The molecule has 0 aliphatic heterocycles. The van der Waals surface area contributed by atoms with Crippen LogP contribution in [0.15, 0.2) is 42.2 Å². The van der Waals surface area contributed by atoms with E-state index in [0.717, 1.165) is 28.1 Å². The lowest BCUT2D eigenvalue weighted by Gasteiger charge is -2.03. The van der Waals surface area contributed by atoms with Crippen LogP contribution in [0.4, 0.5) is 0 Å². The van der Waals surface area contributed by atoms with Crippen LogP contribution in [0.1, 0.15) is 37.1 Å². The first kappa shape index (κ1) is 14.1. The van der Waals surface area contributed by atoms with E-state index in [1.165, 1.54) is 0 Å². The summed E-state index contributed by atoms with van der Waals surface area (Å²) in [4.78, 5) is 14.7. The van der Waals surface area contributed by atoms with Crippen molar-refractivity contribution in [3.8, 4) is 5.82 Å². The normalized spacial score (nSPS) is 11.6. The van der Waals surface area contributed by atoms with E-state index in [1.54, 1.807) is 17.5 Å². The maximum atomic E-state index is 4.70. The number of imidazole rings is 1. The summed E-state index contributed by atoms with van der Waals surface area (Å²) in [5, 5.41) is 6.66. The molecule has 23 heavy (non-hydrogen) atoms. The maximum Gasteiger partial charge on any atom is 0.193 e. The van der Waals surface area contributed by atoms with Gasteiger partial charge < -0.3 is 0 Å². The van der Waals surface area contributed by atoms with Gasteiger partial charge >= 0.3 is 0 Å². The van der Waals surface area contributed by atoms with Crippen molar-refractivity contribution in [2.45, 2.75) is 26.2 Å². The third-order valence-corrected chi connectivity index (χ3v) is 4.33. The summed E-state index contributed by atoms with van der Waals surface area (Å²) in [6.07, 6.45) is 6.45. The molecular formula is C16H16N6S. The molecule has 0 aliphatic rings. The summed E-state index contributed by atoms with van der Waals surface area (Å²) in [5.41, 5.74) is 0.983. The van der Waals surface area contributed by atoms with Gasteiger partial charge in [0.25, 0.3) is 0 Å². The summed E-state index contributed by atoms with van der Waals surface area (Å²) in [6, 6.07) is 5.79. The first-order valence-corrected chi connectivity index (χ1v) is 8.37. The molecule has 0 bridgehead atoms. The lowest BCUT2D eigenvalue weighted by atomic mass is 10.2. The van der Waals surface area contributed by atoms with E-state index in [4.69, 9.17) is 4.98 Å². The van der Waals surface area contributed by atoms with Crippen LogP contribution in [-0.2, 0) is 6.42 Å². The van der Waals surface area contributed by atoms with Gasteiger partial charge in [0.05, 0.1) is 12.1 Å². The Kier molecular flexibility index (Phi) is 3.42. The Hall–Kier alpha value is -2.54. The third-order valence-electron chi connectivity index (χ3n) is 3.56. The molecule has 6 nitrogen and oxygen atoms in total. The summed E-state index contributed by atoms with van der Waals surface area (Å²) < 4.78 is 3.85. The van der Waals surface area contributed by atoms with Gasteiger partial charge in [0, 0.05) is 29.9 Å². The Labute approximate surface area is 137 Å². The van der Waals surface area contributed by atoms with Gasteiger partial charge in [-0.05, 0) is 12.1 Å². The molecule has 4 rings (SSSR count). The number of thiazole rings is 1. The predicted molar refractivity (Wildman–Crippen MR) is 89.1 cm³/mol. The van der Waals surface area contributed by atoms with Gasteiger partial charge in [0.1, 0.15) is 5.82 Å². The number of aromatic nitrogens is 6. The van der Waals surface area contributed by atoms with E-state index in [0.29, 0.717) is 6.42 Å². The van der Waals surface area contributed by atoms with Crippen molar-refractivity contribution < 1.29 is 0 Å². The Morgan fingerprint density at radius 3 is 2.87 bits per heavy atom. The van der Waals surface area contributed by atoms with Crippen LogP contribution in [0.5, 0.6) is 0 Å². The quantitative estimate of drug-likeness (QED) is 0.579. The molecule has 0 spiro atoms. The van der Waals surface area contributed by atoms with E-state index in [1.807, 2.05) is 45.1 Å². The van der Waals surface area contributed by atoms with Crippen molar-refractivity contribution in [2.75, 3.05) is 0 Å². The molecule has 7 heteroatoms. The molecule has 0 fully saturated rings. The molecule has 0 radical (unpaired) electrons. The number of pyridine rings is 1. The van der Waals surface area contributed by atoms with Gasteiger partial charge in [-0.1, -0.05) is 19.9 Å². The van der Waals surface area contributed by atoms with E-state index in [9.17, 15) is 0 Å². The number of hydrogen-bond donors (Lipinski definition) is 0. The molecule has 0 saturated heterocycles. The number of nitrogens with zero attached hydrogens (tertiary/aromatic N) is 6. The summed E-state index contributed by atoms with van der Waals surface area (Å²) in [6.45, 7) is 4.18. The van der Waals surface area contributed by atoms with Crippen molar-refractivity contribution in [2.24, 2.45) is 0 Å². The second-order valence-corrected chi connectivity index (χ2v) is 6.52. The fraction of sp³-hybridized carbons (Fsp3) is 0.250. The van der Waals surface area contributed by atoms with Crippen LogP contribution in [0.3, 0.4) is 0 Å². The van der Waals surface area contributed by atoms with E-state index >= 15 is 0 Å². The SMILES string of the molecule is CC(C)c1nc(Cc2cn3ccsc3n2)n(-c2ccccn2)n1. The van der Waals surface area contributed by atoms with Gasteiger partial charge in [-0.15, -0.1) is 16.4 Å². The van der Waals surface area contributed by atoms with Gasteiger partial charge in [0.2, 0.25) is 0 Å². The largest absolute Gasteiger partial charge is 0.297 e. The highest BCUT2D eigenvalue weighted by Gasteiger charge is 2.16. The smallest absolute Gasteiger partial charge is 0.193 e. The molecule has 4 heterocycles. The average molecular weight is 324 g/mol. The molecule has 0 amide bonds. The van der Waals surface area contributed by atoms with Crippen molar-refractivity contribution in [1.29, 1.82) is 0 Å². The molecule has 0 N–H and O–H groups in total. The van der Waals surface area contributed by atoms with Crippen LogP contribution in [-0.4, -0.2) is 29.1 Å². The van der Waals surface area contributed by atoms with Crippen molar-refractivity contribution in [3.63, 3.8) is 0 Å². The zero-order chi connectivity index (χ0) is 15.8. The average Bonchev–Trinajstić information content (AvgIpc) is 3.22. The number of rotatable bonds is 4. The molecule has 0 atom stereocenters. The Bertz CT molecular complexity index is 905. The Balaban J connectivity index is 1.75. The summed E-state index contributed by atoms with van der Waals surface area (Å²) >= 11 is 1.63. The molecule has 0 unspecified atom stereocenters. The molecule has 4 aromatic rings. The topological polar surface area (TPSA) is 60.9 Å². The minimum atomic E-state index is 0.268. The highest BCUT2D eigenvalue weighted by atomic mass is 32.1. The predicted octanol–water partition coefficient (Wildman–Crippen LogP) is 3.09. The number of fused-ring (bicyclic) bond motifs is 1. The molecule has 116 valence electrons. The van der Waals surface area contributed by atoms with Crippen LogP contribution in [0.2, 0.25) is 0 Å². The van der Waals surface area contributed by atoms with Gasteiger partial charge in [0.15, 0.2) is 16.6 Å². The zero-order valence-electron chi connectivity index (χ0n) is 12.9. The van der Waals surface area contributed by atoms with Crippen LogP contribution in [0.25, 0.3) is 10.8 Å². The van der Waals surface area contributed by atoms with E-state index in [-0.39, 0.29) is 5.92 Å². The first-order chi connectivity index (χ1) is 11.2. The van der Waals surface area contributed by atoms with Crippen molar-refractivity contribution in [3.05, 3.63) is 59.5 Å². The van der Waals surface area contributed by atoms with Gasteiger partial charge in [-0.2, -0.15) is 4.68 Å². The Morgan fingerprint density at radius 1 is 1.22 bits per heavy atom. The molecule has 4 aromatic heterocycles. The molecule has 0 saturated carbocycles. The zero-order valence-corrected chi connectivity index (χ0v) is 13.7.